The Bertz CT molecular complexity index is 2280. The van der Waals surface area contributed by atoms with Crippen LogP contribution in [0.1, 0.15) is 17.7 Å². The molecule has 8 heteroatoms. The van der Waals surface area contributed by atoms with Crippen LogP contribution in [0.15, 0.2) is 114 Å². The summed E-state index contributed by atoms with van der Waals surface area (Å²) in [6, 6.07) is 38.4. The molecule has 0 aliphatic carbocycles. The van der Waals surface area contributed by atoms with Gasteiger partial charge in [0.1, 0.15) is 11.6 Å². The van der Waals surface area contributed by atoms with E-state index in [9.17, 15) is 4.79 Å². The SMILES string of the molecule is [CH]CCCSc1ccc(-n2c3ccccc3c3cc(-c4ccc(-c5ccc(-c6ccc(C=C(C#N)C(=O)O)s6)s5)s4)ccc32)cc1. The second-order valence-electron chi connectivity index (χ2n) is 10.6. The zero-order valence-electron chi connectivity index (χ0n) is 24.5. The van der Waals surface area contributed by atoms with E-state index in [2.05, 4.69) is 95.6 Å². The number of carboxylic acid groups (broad SMARTS) is 1. The molecule has 0 saturated heterocycles. The van der Waals surface area contributed by atoms with Gasteiger partial charge >= 0.3 is 5.97 Å². The molecule has 0 aliphatic rings. The van der Waals surface area contributed by atoms with Crippen molar-refractivity contribution < 1.29 is 9.90 Å². The van der Waals surface area contributed by atoms with Crippen LogP contribution in [-0.4, -0.2) is 21.4 Å². The quantitative estimate of drug-likeness (QED) is 0.0681. The van der Waals surface area contributed by atoms with E-state index < -0.39 is 5.97 Å². The Labute approximate surface area is 283 Å². The number of nitriles is 1. The van der Waals surface area contributed by atoms with Gasteiger partial charge in [0.15, 0.2) is 0 Å². The van der Waals surface area contributed by atoms with Gasteiger partial charge in [0, 0.05) is 50.6 Å². The molecule has 0 bridgehead atoms. The first-order chi connectivity index (χ1) is 22.5. The van der Waals surface area contributed by atoms with Gasteiger partial charge in [-0.25, -0.2) is 4.79 Å². The number of unbranched alkanes of at least 4 members (excludes halogenated alkanes) is 1. The van der Waals surface area contributed by atoms with Crippen molar-refractivity contribution in [1.82, 2.24) is 4.57 Å². The first-order valence-electron chi connectivity index (χ1n) is 14.6. The fourth-order valence-electron chi connectivity index (χ4n) is 5.44. The lowest BCUT2D eigenvalue weighted by Crippen LogP contribution is -1.96. The van der Waals surface area contributed by atoms with Crippen molar-refractivity contribution in [3.63, 3.8) is 0 Å². The summed E-state index contributed by atoms with van der Waals surface area (Å²) < 4.78 is 2.35. The number of thiophene rings is 3. The number of rotatable bonds is 10. The average Bonchev–Trinajstić information content (AvgIpc) is 3.89. The summed E-state index contributed by atoms with van der Waals surface area (Å²) in [5, 5.41) is 20.7. The summed E-state index contributed by atoms with van der Waals surface area (Å²) >= 11 is 6.82. The van der Waals surface area contributed by atoms with Crippen LogP contribution in [0.25, 0.3) is 63.5 Å². The lowest BCUT2D eigenvalue weighted by molar-refractivity contribution is -0.132. The number of thioether (sulfide) groups is 1. The number of carbonyl (C=O) groups is 1. The highest BCUT2D eigenvalue weighted by Gasteiger charge is 2.15. The van der Waals surface area contributed by atoms with E-state index in [4.69, 9.17) is 17.3 Å². The van der Waals surface area contributed by atoms with Gasteiger partial charge in [0.05, 0.1) is 11.0 Å². The number of fused-ring (bicyclic) bond motifs is 3. The Morgan fingerprint density at radius 3 is 2.17 bits per heavy atom. The Morgan fingerprint density at radius 2 is 1.46 bits per heavy atom. The van der Waals surface area contributed by atoms with E-state index in [1.54, 1.807) is 28.7 Å². The molecule has 4 aromatic heterocycles. The van der Waals surface area contributed by atoms with E-state index >= 15 is 0 Å². The molecule has 7 rings (SSSR count). The first kappa shape index (κ1) is 30.3. The van der Waals surface area contributed by atoms with E-state index in [1.165, 1.54) is 64.3 Å². The number of hydrogen-bond acceptors (Lipinski definition) is 6. The molecule has 0 unspecified atom stereocenters. The van der Waals surface area contributed by atoms with E-state index in [1.807, 2.05) is 23.9 Å². The second kappa shape index (κ2) is 13.1. The minimum atomic E-state index is -1.21. The Kier molecular flexibility index (Phi) is 8.65. The molecule has 0 fully saturated rings. The highest BCUT2D eigenvalue weighted by atomic mass is 32.2. The van der Waals surface area contributed by atoms with Crippen molar-refractivity contribution in [1.29, 1.82) is 5.26 Å². The molecule has 3 aromatic carbocycles. The lowest BCUT2D eigenvalue weighted by atomic mass is 10.1. The van der Waals surface area contributed by atoms with Crippen LogP contribution in [0, 0.1) is 18.3 Å². The summed E-state index contributed by atoms with van der Waals surface area (Å²) in [6.07, 6.45) is 3.15. The van der Waals surface area contributed by atoms with Crippen molar-refractivity contribution >= 4 is 79.6 Å². The Morgan fingerprint density at radius 1 is 0.804 bits per heavy atom. The summed E-state index contributed by atoms with van der Waals surface area (Å²) in [6.45, 7) is 5.67. The molecule has 2 radical (unpaired) electrons. The Balaban J connectivity index is 1.17. The van der Waals surface area contributed by atoms with E-state index in [0.717, 1.165) is 38.9 Å². The molecule has 4 heterocycles. The maximum atomic E-state index is 11.2. The largest absolute Gasteiger partial charge is 0.477 e. The van der Waals surface area contributed by atoms with Gasteiger partial charge in [-0.3, -0.25) is 0 Å². The van der Waals surface area contributed by atoms with Gasteiger partial charge in [0.2, 0.25) is 0 Å². The van der Waals surface area contributed by atoms with Crippen LogP contribution in [0.5, 0.6) is 0 Å². The van der Waals surface area contributed by atoms with Crippen molar-refractivity contribution in [3.05, 3.63) is 121 Å². The molecule has 46 heavy (non-hydrogen) atoms. The van der Waals surface area contributed by atoms with Gasteiger partial charge in [-0.1, -0.05) is 24.3 Å². The van der Waals surface area contributed by atoms with Crippen molar-refractivity contribution in [2.24, 2.45) is 0 Å². The lowest BCUT2D eigenvalue weighted by Gasteiger charge is -2.09. The van der Waals surface area contributed by atoms with Crippen LogP contribution in [0.2, 0.25) is 0 Å². The van der Waals surface area contributed by atoms with Crippen LogP contribution in [0.4, 0.5) is 0 Å². The number of hydrogen-bond donors (Lipinski definition) is 1. The van der Waals surface area contributed by atoms with Crippen LogP contribution >= 0.6 is 45.8 Å². The van der Waals surface area contributed by atoms with Crippen molar-refractivity contribution in [2.75, 3.05) is 5.75 Å². The zero-order valence-corrected chi connectivity index (χ0v) is 27.7. The predicted octanol–water partition coefficient (Wildman–Crippen LogP) is 11.5. The van der Waals surface area contributed by atoms with Crippen LogP contribution < -0.4 is 0 Å². The summed E-state index contributed by atoms with van der Waals surface area (Å²) in [4.78, 5) is 19.0. The van der Waals surface area contributed by atoms with Crippen molar-refractivity contribution in [3.8, 4) is 41.7 Å². The highest BCUT2D eigenvalue weighted by Crippen LogP contribution is 2.43. The van der Waals surface area contributed by atoms with Gasteiger partial charge in [-0.05, 0) is 116 Å². The third-order valence-corrected chi connectivity index (χ3v) is 12.4. The molecule has 0 amide bonds. The summed E-state index contributed by atoms with van der Waals surface area (Å²) in [5.41, 5.74) is 4.45. The number of para-hydroxylation sites is 1. The molecule has 7 aromatic rings. The number of aliphatic carboxylic acids is 1. The summed E-state index contributed by atoms with van der Waals surface area (Å²) in [5.74, 6) is -0.186. The molecule has 0 spiro atoms. The van der Waals surface area contributed by atoms with E-state index in [-0.39, 0.29) is 5.57 Å². The molecular formula is C38H26N2O2S4. The fourth-order valence-corrected chi connectivity index (χ4v) is 9.46. The van der Waals surface area contributed by atoms with Gasteiger partial charge in [0.25, 0.3) is 0 Å². The zero-order chi connectivity index (χ0) is 31.6. The number of aromatic nitrogens is 1. The average molecular weight is 671 g/mol. The van der Waals surface area contributed by atoms with Crippen molar-refractivity contribution in [2.45, 2.75) is 17.7 Å². The standard InChI is InChI=1S/C38H26N2O2S4/c1-2-3-20-43-27-11-9-26(10-12-27)40-31-7-5-4-6-29(31)30-22-24(8-14-32(30)40)33-16-17-36(45-33)37-19-18-35(46-37)34-15-13-28(44-34)21-25(23-39)38(41)42/h1,4-19,21-22H,2-3,20H2,(H,41,42). The maximum Gasteiger partial charge on any atom is 0.346 e. The monoisotopic (exact) mass is 670 g/mol. The fraction of sp³-hybridized carbons (Fsp3) is 0.0789. The normalized spacial score (nSPS) is 11.8. The molecule has 0 aliphatic heterocycles. The van der Waals surface area contributed by atoms with Gasteiger partial charge in [-0.15, -0.1) is 45.8 Å². The number of nitrogens with zero attached hydrogens (tertiary/aromatic N) is 2. The topological polar surface area (TPSA) is 66.0 Å². The molecule has 4 nitrogen and oxygen atoms in total. The first-order valence-corrected chi connectivity index (χ1v) is 18.1. The second-order valence-corrected chi connectivity index (χ2v) is 15.0. The molecule has 224 valence electrons. The number of benzene rings is 3. The van der Waals surface area contributed by atoms with Gasteiger partial charge < -0.3 is 9.67 Å². The van der Waals surface area contributed by atoms with Gasteiger partial charge in [-0.2, -0.15) is 5.26 Å². The molecular weight excluding hydrogens is 645 g/mol. The summed E-state index contributed by atoms with van der Waals surface area (Å²) in [7, 11) is 0. The van der Waals surface area contributed by atoms with Crippen LogP contribution in [-0.2, 0) is 4.79 Å². The third kappa shape index (κ3) is 5.95. The Hall–Kier alpha value is -4.39. The minimum Gasteiger partial charge on any atom is -0.477 e. The predicted molar refractivity (Wildman–Crippen MR) is 196 cm³/mol. The molecule has 0 atom stereocenters. The smallest absolute Gasteiger partial charge is 0.346 e. The highest BCUT2D eigenvalue weighted by molar-refractivity contribution is 7.99. The molecule has 0 saturated carbocycles. The maximum absolute atomic E-state index is 11.2. The third-order valence-electron chi connectivity index (χ3n) is 7.63. The number of carboxylic acids is 1. The van der Waals surface area contributed by atoms with Crippen LogP contribution in [0.3, 0.4) is 0 Å². The van der Waals surface area contributed by atoms with E-state index in [0.29, 0.717) is 0 Å². The minimum absolute atomic E-state index is 0.267. The molecule has 1 N–H and O–H groups in total.